The van der Waals surface area contributed by atoms with Crippen LogP contribution in [0.4, 0.5) is 5.82 Å². The van der Waals surface area contributed by atoms with E-state index in [1.807, 2.05) is 12.1 Å². The number of pyridine rings is 1. The number of aromatic nitrogens is 4. The van der Waals surface area contributed by atoms with Crippen LogP contribution in [0.5, 0.6) is 0 Å². The summed E-state index contributed by atoms with van der Waals surface area (Å²) in [6, 6.07) is 3.71. The van der Waals surface area contributed by atoms with Crippen molar-refractivity contribution in [3.63, 3.8) is 0 Å². The first-order chi connectivity index (χ1) is 8.24. The van der Waals surface area contributed by atoms with Gasteiger partial charge in [0.25, 0.3) is 0 Å². The second kappa shape index (κ2) is 5.06. The maximum Gasteiger partial charge on any atom is 0.242 e. The predicted octanol–water partition coefficient (Wildman–Crippen LogP) is -0.428. The molecule has 0 radical (unpaired) electrons. The van der Waals surface area contributed by atoms with Crippen molar-refractivity contribution in [2.45, 2.75) is 13.1 Å². The van der Waals surface area contributed by atoms with Crippen molar-refractivity contribution < 1.29 is 4.79 Å². The van der Waals surface area contributed by atoms with Gasteiger partial charge in [0.15, 0.2) is 5.82 Å². The fourth-order valence-electron chi connectivity index (χ4n) is 1.30. The number of carbonyl (C=O) groups excluding carboxylic acids is 1. The number of hydrogen-bond donors (Lipinski definition) is 2. The summed E-state index contributed by atoms with van der Waals surface area (Å²) in [6.45, 7) is 0.543. The van der Waals surface area contributed by atoms with Crippen molar-refractivity contribution in [2.75, 3.05) is 5.73 Å². The number of anilines is 1. The molecule has 1 amide bonds. The molecule has 0 aliphatic heterocycles. The van der Waals surface area contributed by atoms with Crippen molar-refractivity contribution in [3.05, 3.63) is 36.3 Å². The molecule has 7 nitrogen and oxygen atoms in total. The molecule has 0 atom stereocenters. The van der Waals surface area contributed by atoms with Crippen LogP contribution in [0.2, 0.25) is 0 Å². The van der Waals surface area contributed by atoms with E-state index < -0.39 is 0 Å². The summed E-state index contributed by atoms with van der Waals surface area (Å²) >= 11 is 0. The molecule has 0 aromatic carbocycles. The van der Waals surface area contributed by atoms with Crippen LogP contribution in [0.15, 0.2) is 30.7 Å². The predicted molar refractivity (Wildman–Crippen MR) is 60.5 cm³/mol. The molecule has 17 heavy (non-hydrogen) atoms. The average molecular weight is 232 g/mol. The smallest absolute Gasteiger partial charge is 0.242 e. The first-order valence-corrected chi connectivity index (χ1v) is 5.05. The molecule has 0 unspecified atom stereocenters. The number of hydrogen-bond acceptors (Lipinski definition) is 5. The summed E-state index contributed by atoms with van der Waals surface area (Å²) in [5, 5.41) is 10.0. The number of nitrogens with zero attached hydrogens (tertiary/aromatic N) is 4. The molecule has 0 spiro atoms. The van der Waals surface area contributed by atoms with Gasteiger partial charge in [-0.3, -0.25) is 9.78 Å². The molecule has 88 valence electrons. The second-order valence-electron chi connectivity index (χ2n) is 3.48. The lowest BCUT2D eigenvalue weighted by Crippen LogP contribution is -2.27. The van der Waals surface area contributed by atoms with Gasteiger partial charge in [0, 0.05) is 18.9 Å². The Bertz CT molecular complexity index is 495. The summed E-state index contributed by atoms with van der Waals surface area (Å²) in [6.07, 6.45) is 4.89. The van der Waals surface area contributed by atoms with E-state index in [1.54, 1.807) is 12.4 Å². The Morgan fingerprint density at radius 1 is 1.53 bits per heavy atom. The molecule has 7 heteroatoms. The molecule has 0 saturated carbocycles. The van der Waals surface area contributed by atoms with Crippen LogP contribution in [0.1, 0.15) is 5.56 Å². The zero-order valence-corrected chi connectivity index (χ0v) is 9.08. The molecular weight excluding hydrogens is 220 g/mol. The Labute approximate surface area is 97.6 Å². The van der Waals surface area contributed by atoms with Gasteiger partial charge in [-0.15, -0.1) is 5.10 Å². The standard InChI is InChI=1S/C10H12N6O/c11-9-6-16(15-14-9)7-10(17)13-5-8-2-1-3-12-4-8/h1-4,6H,5,7,11H2,(H,13,17). The van der Waals surface area contributed by atoms with Gasteiger partial charge < -0.3 is 11.1 Å². The fraction of sp³-hybridized carbons (Fsp3) is 0.200. The first-order valence-electron chi connectivity index (χ1n) is 5.05. The number of carbonyl (C=O) groups is 1. The van der Waals surface area contributed by atoms with Crippen LogP contribution < -0.4 is 11.1 Å². The third kappa shape index (κ3) is 3.26. The lowest BCUT2D eigenvalue weighted by atomic mass is 10.3. The third-order valence-corrected chi connectivity index (χ3v) is 2.07. The summed E-state index contributed by atoms with van der Waals surface area (Å²) in [4.78, 5) is 15.5. The van der Waals surface area contributed by atoms with Gasteiger partial charge in [0.05, 0.1) is 6.20 Å². The van der Waals surface area contributed by atoms with Crippen LogP contribution in [-0.4, -0.2) is 25.9 Å². The Kier molecular flexibility index (Phi) is 3.29. The average Bonchev–Trinajstić information content (AvgIpc) is 2.73. The van der Waals surface area contributed by atoms with Crippen LogP contribution in [0, 0.1) is 0 Å². The Morgan fingerprint density at radius 3 is 3.06 bits per heavy atom. The molecule has 2 aromatic heterocycles. The summed E-state index contributed by atoms with van der Waals surface area (Å²) in [5.74, 6) is 0.142. The highest BCUT2D eigenvalue weighted by atomic mass is 16.2. The summed E-state index contributed by atoms with van der Waals surface area (Å²) in [7, 11) is 0. The monoisotopic (exact) mass is 232 g/mol. The first kappa shape index (κ1) is 11.1. The fourth-order valence-corrected chi connectivity index (χ4v) is 1.30. The highest BCUT2D eigenvalue weighted by Crippen LogP contribution is 1.95. The minimum absolute atomic E-state index is 0.102. The number of rotatable bonds is 4. The van der Waals surface area contributed by atoms with Crippen LogP contribution >= 0.6 is 0 Å². The van der Waals surface area contributed by atoms with E-state index in [4.69, 9.17) is 5.73 Å². The van der Waals surface area contributed by atoms with E-state index in [1.165, 1.54) is 10.9 Å². The number of nitrogen functional groups attached to an aromatic ring is 1. The van der Waals surface area contributed by atoms with E-state index in [0.717, 1.165) is 5.56 Å². The van der Waals surface area contributed by atoms with Crippen molar-refractivity contribution in [1.29, 1.82) is 0 Å². The normalized spacial score (nSPS) is 10.1. The zero-order chi connectivity index (χ0) is 12.1. The van der Waals surface area contributed by atoms with E-state index in [-0.39, 0.29) is 12.5 Å². The second-order valence-corrected chi connectivity index (χ2v) is 3.48. The number of nitrogens with one attached hydrogen (secondary N) is 1. The molecule has 2 rings (SSSR count). The van der Waals surface area contributed by atoms with Crippen LogP contribution in [0.25, 0.3) is 0 Å². The SMILES string of the molecule is Nc1cn(CC(=O)NCc2cccnc2)nn1. The summed E-state index contributed by atoms with van der Waals surface area (Å²) in [5.41, 5.74) is 6.33. The molecular formula is C10H12N6O. The molecule has 0 saturated heterocycles. The molecule has 0 aliphatic carbocycles. The zero-order valence-electron chi connectivity index (χ0n) is 9.08. The maximum atomic E-state index is 11.5. The Balaban J connectivity index is 1.82. The van der Waals surface area contributed by atoms with Crippen molar-refractivity contribution in [3.8, 4) is 0 Å². The van der Waals surface area contributed by atoms with Crippen molar-refractivity contribution >= 4 is 11.7 Å². The highest BCUT2D eigenvalue weighted by Gasteiger charge is 2.04. The van der Waals surface area contributed by atoms with Crippen LogP contribution in [0.3, 0.4) is 0 Å². The minimum atomic E-state index is -0.154. The Morgan fingerprint density at radius 2 is 2.41 bits per heavy atom. The summed E-state index contributed by atoms with van der Waals surface area (Å²) < 4.78 is 1.38. The van der Waals surface area contributed by atoms with Gasteiger partial charge in [-0.1, -0.05) is 11.3 Å². The maximum absolute atomic E-state index is 11.5. The molecule has 2 heterocycles. The lowest BCUT2D eigenvalue weighted by molar-refractivity contribution is -0.122. The van der Waals surface area contributed by atoms with Gasteiger partial charge in [-0.2, -0.15) is 0 Å². The van der Waals surface area contributed by atoms with Crippen molar-refractivity contribution in [2.24, 2.45) is 0 Å². The molecule has 0 bridgehead atoms. The molecule has 0 fully saturated rings. The van der Waals surface area contributed by atoms with Gasteiger partial charge in [0.1, 0.15) is 6.54 Å². The lowest BCUT2D eigenvalue weighted by Gasteiger charge is -2.04. The molecule has 2 aromatic rings. The van der Waals surface area contributed by atoms with E-state index in [2.05, 4.69) is 20.6 Å². The van der Waals surface area contributed by atoms with Gasteiger partial charge in [-0.05, 0) is 11.6 Å². The molecule has 0 aliphatic rings. The van der Waals surface area contributed by atoms with Crippen molar-refractivity contribution in [1.82, 2.24) is 25.3 Å². The van der Waals surface area contributed by atoms with E-state index in [9.17, 15) is 4.79 Å². The highest BCUT2D eigenvalue weighted by molar-refractivity contribution is 5.75. The van der Waals surface area contributed by atoms with Gasteiger partial charge in [0.2, 0.25) is 5.91 Å². The van der Waals surface area contributed by atoms with Gasteiger partial charge in [-0.25, -0.2) is 4.68 Å². The number of nitrogens with two attached hydrogens (primary N) is 1. The Hall–Kier alpha value is -2.44. The number of amides is 1. The van der Waals surface area contributed by atoms with Crippen LogP contribution in [-0.2, 0) is 17.9 Å². The largest absolute Gasteiger partial charge is 0.381 e. The topological polar surface area (TPSA) is 98.7 Å². The minimum Gasteiger partial charge on any atom is -0.381 e. The molecule has 3 N–H and O–H groups in total. The third-order valence-electron chi connectivity index (χ3n) is 2.07. The van der Waals surface area contributed by atoms with Gasteiger partial charge >= 0.3 is 0 Å². The van der Waals surface area contributed by atoms with E-state index in [0.29, 0.717) is 12.4 Å². The van der Waals surface area contributed by atoms with E-state index >= 15 is 0 Å². The quantitative estimate of drug-likeness (QED) is 0.745.